The van der Waals surface area contributed by atoms with Crippen LogP contribution in [0, 0.1) is 21.4 Å². The minimum Gasteiger partial charge on any atom is -0.360 e. The van der Waals surface area contributed by atoms with Crippen LogP contribution in [0.3, 0.4) is 0 Å². The van der Waals surface area contributed by atoms with Crippen LogP contribution >= 0.6 is 15.9 Å². The fraction of sp³-hybridized carbons (Fsp3) is 0.0769. The Labute approximate surface area is 123 Å². The first kappa shape index (κ1) is 14.0. The van der Waals surface area contributed by atoms with E-state index in [0.29, 0.717) is 6.54 Å². The van der Waals surface area contributed by atoms with Gasteiger partial charge in [-0.1, -0.05) is 28.1 Å². The lowest BCUT2D eigenvalue weighted by Crippen LogP contribution is -2.05. The predicted octanol–water partition coefficient (Wildman–Crippen LogP) is 3.24. The van der Waals surface area contributed by atoms with E-state index in [9.17, 15) is 10.1 Å². The maximum atomic E-state index is 11.0. The molecule has 0 aliphatic heterocycles. The molecule has 0 atom stereocenters. The van der Waals surface area contributed by atoms with Crippen molar-refractivity contribution in [1.29, 1.82) is 5.26 Å². The van der Waals surface area contributed by atoms with Gasteiger partial charge in [0.25, 0.3) is 0 Å². The van der Waals surface area contributed by atoms with Crippen molar-refractivity contribution in [2.45, 2.75) is 6.54 Å². The topological polar surface area (TPSA) is 91.8 Å². The average molecular weight is 333 g/mol. The smallest absolute Gasteiger partial charge is 0.312 e. The molecule has 2 aromatic rings. The van der Waals surface area contributed by atoms with Crippen molar-refractivity contribution in [3.8, 4) is 6.07 Å². The highest BCUT2D eigenvalue weighted by Crippen LogP contribution is 2.23. The summed E-state index contributed by atoms with van der Waals surface area (Å²) >= 11 is 3.36. The molecule has 0 aliphatic rings. The van der Waals surface area contributed by atoms with Crippen molar-refractivity contribution < 1.29 is 4.92 Å². The summed E-state index contributed by atoms with van der Waals surface area (Å²) in [4.78, 5) is 14.3. The second kappa shape index (κ2) is 6.12. The summed E-state index contributed by atoms with van der Waals surface area (Å²) in [6, 6.07) is 10.6. The van der Waals surface area contributed by atoms with Gasteiger partial charge in [-0.25, -0.2) is 4.98 Å². The summed E-state index contributed by atoms with van der Waals surface area (Å²) in [6.07, 6.45) is 1.30. The van der Waals surface area contributed by atoms with Crippen LogP contribution < -0.4 is 5.32 Å². The molecule has 0 radical (unpaired) electrons. The Kier molecular flexibility index (Phi) is 4.27. The lowest BCUT2D eigenvalue weighted by molar-refractivity contribution is -0.384. The molecule has 20 heavy (non-hydrogen) atoms. The number of aromatic nitrogens is 1. The van der Waals surface area contributed by atoms with Gasteiger partial charge in [-0.3, -0.25) is 10.1 Å². The van der Waals surface area contributed by atoms with Crippen molar-refractivity contribution >= 4 is 27.4 Å². The van der Waals surface area contributed by atoms with Gasteiger partial charge >= 0.3 is 5.69 Å². The number of nitro groups is 1. The van der Waals surface area contributed by atoms with Crippen molar-refractivity contribution in [2.24, 2.45) is 0 Å². The Morgan fingerprint density at radius 1 is 1.45 bits per heavy atom. The first-order valence-corrected chi connectivity index (χ1v) is 6.42. The summed E-state index contributed by atoms with van der Waals surface area (Å²) < 4.78 is 0.930. The fourth-order valence-electron chi connectivity index (χ4n) is 1.62. The highest BCUT2D eigenvalue weighted by atomic mass is 79.9. The third-order valence-corrected chi connectivity index (χ3v) is 3.04. The predicted molar refractivity (Wildman–Crippen MR) is 77.1 cm³/mol. The molecule has 0 spiro atoms. The molecule has 0 saturated heterocycles. The second-order valence-corrected chi connectivity index (χ2v) is 4.86. The molecule has 0 amide bonds. The Hall–Kier alpha value is -2.46. The van der Waals surface area contributed by atoms with E-state index in [4.69, 9.17) is 5.26 Å². The number of pyridine rings is 1. The maximum Gasteiger partial charge on any atom is 0.312 e. The van der Waals surface area contributed by atoms with Crippen molar-refractivity contribution in [2.75, 3.05) is 5.32 Å². The fourth-order valence-corrected chi connectivity index (χ4v) is 2.07. The van der Waals surface area contributed by atoms with Crippen LogP contribution in [-0.2, 0) is 6.54 Å². The maximum absolute atomic E-state index is 11.0. The molecular weight excluding hydrogens is 324 g/mol. The van der Waals surface area contributed by atoms with Gasteiger partial charge in [-0.15, -0.1) is 0 Å². The number of hydrogen-bond acceptors (Lipinski definition) is 5. The Morgan fingerprint density at radius 2 is 2.25 bits per heavy atom. The Balaban J connectivity index is 2.21. The molecule has 0 bridgehead atoms. The van der Waals surface area contributed by atoms with Gasteiger partial charge in [0.15, 0.2) is 0 Å². The monoisotopic (exact) mass is 332 g/mol. The number of hydrogen-bond donors (Lipinski definition) is 1. The van der Waals surface area contributed by atoms with E-state index in [1.807, 2.05) is 30.3 Å². The molecular formula is C13H9BrN4O2. The van der Waals surface area contributed by atoms with Gasteiger partial charge in [0.1, 0.15) is 6.07 Å². The third-order valence-electron chi connectivity index (χ3n) is 2.54. The highest BCUT2D eigenvalue weighted by molar-refractivity contribution is 9.10. The molecule has 1 aromatic carbocycles. The van der Waals surface area contributed by atoms with Gasteiger partial charge in [0, 0.05) is 23.3 Å². The summed E-state index contributed by atoms with van der Waals surface area (Å²) in [5.74, 6) is 0.147. The van der Waals surface area contributed by atoms with E-state index in [-0.39, 0.29) is 17.1 Å². The number of anilines is 1. The normalized spacial score (nSPS) is 9.80. The van der Waals surface area contributed by atoms with Crippen LogP contribution in [-0.4, -0.2) is 9.91 Å². The van der Waals surface area contributed by atoms with Gasteiger partial charge in [0.05, 0.1) is 10.5 Å². The molecule has 0 fully saturated rings. The molecule has 1 aromatic heterocycles. The molecule has 6 nitrogen and oxygen atoms in total. The Morgan fingerprint density at radius 3 is 2.90 bits per heavy atom. The lowest BCUT2D eigenvalue weighted by Gasteiger charge is -2.06. The zero-order valence-electron chi connectivity index (χ0n) is 10.2. The van der Waals surface area contributed by atoms with Crippen LogP contribution in [0.2, 0.25) is 0 Å². The van der Waals surface area contributed by atoms with Crippen molar-refractivity contribution in [1.82, 2.24) is 4.98 Å². The molecule has 1 N–H and O–H groups in total. The first-order valence-electron chi connectivity index (χ1n) is 5.63. The van der Waals surface area contributed by atoms with E-state index in [2.05, 4.69) is 26.2 Å². The summed E-state index contributed by atoms with van der Waals surface area (Å²) in [5.41, 5.74) is 0.906. The standard InChI is InChI=1S/C13H9BrN4O2/c14-11-3-1-2-9(4-11)7-16-13-12(18(19)20)5-10(6-15)8-17-13/h1-5,8H,7H2,(H,16,17). The second-order valence-electron chi connectivity index (χ2n) is 3.94. The van der Waals surface area contributed by atoms with Crippen molar-refractivity contribution in [3.63, 3.8) is 0 Å². The average Bonchev–Trinajstić information content (AvgIpc) is 2.45. The van der Waals surface area contributed by atoms with Crippen molar-refractivity contribution in [3.05, 3.63) is 62.2 Å². The number of rotatable bonds is 4. The van der Waals surface area contributed by atoms with E-state index in [0.717, 1.165) is 10.0 Å². The molecule has 2 rings (SSSR count). The molecule has 7 heteroatoms. The minimum absolute atomic E-state index is 0.147. The SMILES string of the molecule is N#Cc1cnc(NCc2cccc(Br)c2)c([N+](=O)[O-])c1. The van der Waals surface area contributed by atoms with E-state index in [1.165, 1.54) is 12.3 Å². The number of benzene rings is 1. The zero-order valence-corrected chi connectivity index (χ0v) is 11.8. The zero-order chi connectivity index (χ0) is 14.5. The van der Waals surface area contributed by atoms with Gasteiger partial charge in [-0.2, -0.15) is 5.26 Å². The molecule has 0 saturated carbocycles. The summed E-state index contributed by atoms with van der Waals surface area (Å²) in [5, 5.41) is 22.6. The molecule has 0 unspecified atom stereocenters. The number of nitrogens with one attached hydrogen (secondary N) is 1. The first-order chi connectivity index (χ1) is 9.60. The van der Waals surface area contributed by atoms with Gasteiger partial charge in [-0.05, 0) is 17.7 Å². The molecule has 0 aliphatic carbocycles. The minimum atomic E-state index is -0.558. The van der Waals surface area contributed by atoms with E-state index in [1.54, 1.807) is 0 Å². The van der Waals surface area contributed by atoms with Gasteiger partial charge < -0.3 is 5.32 Å². The Bertz CT molecular complexity index is 697. The molecule has 1 heterocycles. The largest absolute Gasteiger partial charge is 0.360 e. The summed E-state index contributed by atoms with van der Waals surface area (Å²) in [7, 11) is 0. The van der Waals surface area contributed by atoms with Gasteiger partial charge in [0.2, 0.25) is 5.82 Å². The molecule has 100 valence electrons. The van der Waals surface area contributed by atoms with Crippen LogP contribution in [0.5, 0.6) is 0 Å². The third kappa shape index (κ3) is 3.30. The number of halogens is 1. The number of nitriles is 1. The van der Waals surface area contributed by atoms with E-state index >= 15 is 0 Å². The summed E-state index contributed by atoms with van der Waals surface area (Å²) in [6.45, 7) is 0.402. The van der Waals surface area contributed by atoms with E-state index < -0.39 is 4.92 Å². The van der Waals surface area contributed by atoms with Crippen LogP contribution in [0.15, 0.2) is 41.0 Å². The van der Waals surface area contributed by atoms with Crippen LogP contribution in [0.1, 0.15) is 11.1 Å². The lowest BCUT2D eigenvalue weighted by atomic mass is 10.2. The van der Waals surface area contributed by atoms with Crippen LogP contribution in [0.25, 0.3) is 0 Å². The quantitative estimate of drug-likeness (QED) is 0.685. The van der Waals surface area contributed by atoms with Crippen LogP contribution in [0.4, 0.5) is 11.5 Å². The number of nitrogens with zero attached hydrogens (tertiary/aromatic N) is 3. The highest BCUT2D eigenvalue weighted by Gasteiger charge is 2.16.